The minimum Gasteiger partial charge on any atom is -0.497 e. The van der Waals surface area contributed by atoms with E-state index in [-0.39, 0.29) is 11.7 Å². The number of ether oxygens (including phenoxy) is 1. The van der Waals surface area contributed by atoms with Gasteiger partial charge in [0.05, 0.1) is 7.11 Å². The molecule has 0 unspecified atom stereocenters. The van der Waals surface area contributed by atoms with Crippen molar-refractivity contribution in [1.29, 1.82) is 0 Å². The molecule has 138 valence electrons. The Morgan fingerprint density at radius 2 is 2.00 bits per heavy atom. The molecule has 3 aromatic rings. The summed E-state index contributed by atoms with van der Waals surface area (Å²) >= 11 is 1.25. The van der Waals surface area contributed by atoms with Crippen LogP contribution in [0.3, 0.4) is 0 Å². The molecule has 0 radical (unpaired) electrons. The van der Waals surface area contributed by atoms with Gasteiger partial charge in [0.2, 0.25) is 0 Å². The van der Waals surface area contributed by atoms with E-state index < -0.39 is 0 Å². The van der Waals surface area contributed by atoms with Crippen LogP contribution in [0.15, 0.2) is 66.6 Å². The first-order chi connectivity index (χ1) is 13.1. The van der Waals surface area contributed by atoms with Crippen LogP contribution < -0.4 is 4.74 Å². The first-order valence-corrected chi connectivity index (χ1v) is 9.24. The van der Waals surface area contributed by atoms with E-state index in [2.05, 4.69) is 11.6 Å². The Balaban J connectivity index is 1.80. The molecule has 0 spiro atoms. The number of carbonyl (C=O) groups is 1. The molecule has 1 aromatic heterocycles. The molecule has 0 aliphatic carbocycles. The highest BCUT2D eigenvalue weighted by molar-refractivity contribution is 7.13. The summed E-state index contributed by atoms with van der Waals surface area (Å²) in [6.07, 6.45) is 1.67. The van der Waals surface area contributed by atoms with E-state index >= 15 is 0 Å². The summed E-state index contributed by atoms with van der Waals surface area (Å²) in [6, 6.07) is 13.9. The van der Waals surface area contributed by atoms with Gasteiger partial charge in [0.25, 0.3) is 5.91 Å². The highest BCUT2D eigenvalue weighted by Gasteiger charge is 2.19. The number of halogens is 1. The van der Waals surface area contributed by atoms with Gasteiger partial charge >= 0.3 is 0 Å². The normalized spacial score (nSPS) is 10.4. The van der Waals surface area contributed by atoms with Crippen LogP contribution in [0.4, 0.5) is 4.39 Å². The van der Waals surface area contributed by atoms with Crippen LogP contribution in [-0.4, -0.2) is 29.4 Å². The molecule has 27 heavy (non-hydrogen) atoms. The summed E-state index contributed by atoms with van der Waals surface area (Å²) < 4.78 is 19.1. The standard InChI is InChI=1S/C21H19FN2O2S/c1-3-12-24(13-15-8-10-16(26-2)11-9-15)21(25)19-14-27-20(23-19)17-6-4-5-7-18(17)22/h3-11,14H,1,12-13H2,2H3. The van der Waals surface area contributed by atoms with Gasteiger partial charge in [-0.15, -0.1) is 17.9 Å². The molecule has 4 nitrogen and oxygen atoms in total. The molecule has 0 N–H and O–H groups in total. The summed E-state index contributed by atoms with van der Waals surface area (Å²) in [5.41, 5.74) is 1.66. The molecule has 0 fully saturated rings. The van der Waals surface area contributed by atoms with Crippen molar-refractivity contribution in [2.45, 2.75) is 6.54 Å². The number of rotatable bonds is 7. The van der Waals surface area contributed by atoms with Crippen LogP contribution in [0.2, 0.25) is 0 Å². The van der Waals surface area contributed by atoms with Gasteiger partial charge in [0.1, 0.15) is 22.3 Å². The number of carbonyl (C=O) groups excluding carboxylic acids is 1. The van der Waals surface area contributed by atoms with Gasteiger partial charge in [-0.1, -0.05) is 30.3 Å². The zero-order chi connectivity index (χ0) is 19.2. The van der Waals surface area contributed by atoms with Crippen molar-refractivity contribution in [1.82, 2.24) is 9.88 Å². The van der Waals surface area contributed by atoms with Gasteiger partial charge in [-0.05, 0) is 29.8 Å². The minimum atomic E-state index is -0.355. The average molecular weight is 382 g/mol. The van der Waals surface area contributed by atoms with Crippen molar-refractivity contribution < 1.29 is 13.9 Å². The molecule has 0 saturated carbocycles. The maximum Gasteiger partial charge on any atom is 0.273 e. The fraction of sp³-hybridized carbons (Fsp3) is 0.143. The average Bonchev–Trinajstić information content (AvgIpc) is 3.18. The summed E-state index contributed by atoms with van der Waals surface area (Å²) in [6.45, 7) is 4.53. The van der Waals surface area contributed by atoms with E-state index in [0.29, 0.717) is 29.4 Å². The van der Waals surface area contributed by atoms with Crippen LogP contribution in [0.5, 0.6) is 5.75 Å². The van der Waals surface area contributed by atoms with Gasteiger partial charge < -0.3 is 9.64 Å². The quantitative estimate of drug-likeness (QED) is 0.552. The van der Waals surface area contributed by atoms with Gasteiger partial charge in [0.15, 0.2) is 0 Å². The lowest BCUT2D eigenvalue weighted by atomic mass is 10.2. The van der Waals surface area contributed by atoms with Crippen molar-refractivity contribution in [3.63, 3.8) is 0 Å². The SMILES string of the molecule is C=CCN(Cc1ccc(OC)cc1)C(=O)c1csc(-c2ccccc2F)n1. The highest BCUT2D eigenvalue weighted by Crippen LogP contribution is 2.26. The van der Waals surface area contributed by atoms with Gasteiger partial charge in [-0.3, -0.25) is 4.79 Å². The van der Waals surface area contributed by atoms with Gasteiger partial charge in [-0.25, -0.2) is 9.37 Å². The van der Waals surface area contributed by atoms with E-state index in [0.717, 1.165) is 11.3 Å². The number of hydrogen-bond donors (Lipinski definition) is 0. The molecule has 3 rings (SSSR count). The molecule has 0 atom stereocenters. The van der Waals surface area contributed by atoms with E-state index in [9.17, 15) is 9.18 Å². The smallest absolute Gasteiger partial charge is 0.273 e. The predicted molar refractivity (Wildman–Crippen MR) is 105 cm³/mol. The molecule has 1 amide bonds. The fourth-order valence-electron chi connectivity index (χ4n) is 2.62. The molecule has 6 heteroatoms. The third-order valence-corrected chi connectivity index (χ3v) is 4.87. The second-order valence-corrected chi connectivity index (χ2v) is 6.70. The maximum atomic E-state index is 14.0. The molecular formula is C21H19FN2O2S. The number of amides is 1. The third kappa shape index (κ3) is 4.41. The molecule has 0 bridgehead atoms. The van der Waals surface area contributed by atoms with Crippen LogP contribution >= 0.6 is 11.3 Å². The largest absolute Gasteiger partial charge is 0.497 e. The zero-order valence-corrected chi connectivity index (χ0v) is 15.7. The maximum absolute atomic E-state index is 14.0. The topological polar surface area (TPSA) is 42.4 Å². The Morgan fingerprint density at radius 1 is 1.26 bits per heavy atom. The van der Waals surface area contributed by atoms with E-state index in [1.54, 1.807) is 41.7 Å². The van der Waals surface area contributed by atoms with E-state index in [1.165, 1.54) is 17.4 Å². The predicted octanol–water partition coefficient (Wildman–Crippen LogP) is 4.79. The lowest BCUT2D eigenvalue weighted by Crippen LogP contribution is -2.30. The van der Waals surface area contributed by atoms with Gasteiger partial charge in [0, 0.05) is 24.0 Å². The van der Waals surface area contributed by atoms with Crippen LogP contribution in [0.25, 0.3) is 10.6 Å². The summed E-state index contributed by atoms with van der Waals surface area (Å²) in [7, 11) is 1.61. The molecule has 0 saturated heterocycles. The fourth-order valence-corrected chi connectivity index (χ4v) is 3.44. The van der Waals surface area contributed by atoms with Gasteiger partial charge in [-0.2, -0.15) is 0 Å². The third-order valence-electron chi connectivity index (χ3n) is 4.00. The molecule has 2 aromatic carbocycles. The number of aromatic nitrogens is 1. The summed E-state index contributed by atoms with van der Waals surface area (Å²) in [5.74, 6) is 0.186. The van der Waals surface area contributed by atoms with Crippen LogP contribution in [0.1, 0.15) is 16.1 Å². The second kappa shape index (κ2) is 8.60. The summed E-state index contributed by atoms with van der Waals surface area (Å²) in [4.78, 5) is 18.9. The zero-order valence-electron chi connectivity index (χ0n) is 14.9. The number of benzene rings is 2. The Kier molecular flexibility index (Phi) is 5.98. The highest BCUT2D eigenvalue weighted by atomic mass is 32.1. The van der Waals surface area contributed by atoms with Crippen molar-refractivity contribution in [3.05, 3.63) is 83.6 Å². The van der Waals surface area contributed by atoms with Crippen LogP contribution in [-0.2, 0) is 6.54 Å². The molecule has 0 aliphatic rings. The number of nitrogens with zero attached hydrogens (tertiary/aromatic N) is 2. The molecule has 0 aliphatic heterocycles. The van der Waals surface area contributed by atoms with Crippen molar-refractivity contribution in [3.8, 4) is 16.3 Å². The number of methoxy groups -OCH3 is 1. The van der Waals surface area contributed by atoms with Crippen LogP contribution in [0, 0.1) is 5.82 Å². The lowest BCUT2D eigenvalue weighted by molar-refractivity contribution is 0.0757. The van der Waals surface area contributed by atoms with Crippen molar-refractivity contribution in [2.75, 3.05) is 13.7 Å². The first-order valence-electron chi connectivity index (χ1n) is 8.36. The molecular weight excluding hydrogens is 363 g/mol. The van der Waals surface area contributed by atoms with E-state index in [1.807, 2.05) is 24.3 Å². The minimum absolute atomic E-state index is 0.218. The van der Waals surface area contributed by atoms with Crippen molar-refractivity contribution in [2.24, 2.45) is 0 Å². The lowest BCUT2D eigenvalue weighted by Gasteiger charge is -2.20. The Bertz CT molecular complexity index is 937. The Morgan fingerprint density at radius 3 is 2.67 bits per heavy atom. The first kappa shape index (κ1) is 18.8. The second-order valence-electron chi connectivity index (χ2n) is 5.84. The number of hydrogen-bond acceptors (Lipinski definition) is 4. The Labute approximate surface area is 161 Å². The van der Waals surface area contributed by atoms with Crippen molar-refractivity contribution >= 4 is 17.2 Å². The summed E-state index contributed by atoms with van der Waals surface area (Å²) in [5, 5.41) is 2.15. The Hall–Kier alpha value is -2.99. The molecule has 1 heterocycles. The number of thiazole rings is 1. The monoisotopic (exact) mass is 382 g/mol. The van der Waals surface area contributed by atoms with E-state index in [4.69, 9.17) is 4.74 Å².